The van der Waals surface area contributed by atoms with Crippen LogP contribution in [0.5, 0.6) is 0 Å². The minimum atomic E-state index is 0.00771. The van der Waals surface area contributed by atoms with Crippen molar-refractivity contribution in [2.45, 2.75) is 36.1 Å². The third-order valence-corrected chi connectivity index (χ3v) is 4.61. The van der Waals surface area contributed by atoms with Crippen LogP contribution < -0.4 is 0 Å². The molecule has 22 heavy (non-hydrogen) atoms. The molecule has 0 saturated carbocycles. The molecule has 0 aliphatic carbocycles. The highest BCUT2D eigenvalue weighted by Gasteiger charge is 2.18. The summed E-state index contributed by atoms with van der Waals surface area (Å²) in [5.41, 5.74) is 1.72. The minimum absolute atomic E-state index is 0.00771. The average Bonchev–Trinajstić information content (AvgIpc) is 2.75. The number of nitriles is 1. The van der Waals surface area contributed by atoms with Gasteiger partial charge in [0, 0.05) is 14.9 Å². The van der Waals surface area contributed by atoms with E-state index in [2.05, 4.69) is 11.2 Å². The molecule has 0 saturated heterocycles. The second-order valence-electron chi connectivity index (χ2n) is 4.56. The Morgan fingerprint density at radius 1 is 1.32 bits per heavy atom. The number of aromatic nitrogens is 2. The van der Waals surface area contributed by atoms with Crippen LogP contribution in [0.3, 0.4) is 0 Å². The van der Waals surface area contributed by atoms with Gasteiger partial charge in [-0.3, -0.25) is 4.68 Å². The van der Waals surface area contributed by atoms with E-state index in [0.717, 1.165) is 21.9 Å². The Bertz CT molecular complexity index is 689. The molecule has 7 heteroatoms. The Balaban J connectivity index is 2.45. The van der Waals surface area contributed by atoms with Crippen molar-refractivity contribution in [3.05, 3.63) is 39.6 Å². The summed E-state index contributed by atoms with van der Waals surface area (Å²) in [5.74, 6) is 0. The van der Waals surface area contributed by atoms with Gasteiger partial charge in [-0.1, -0.05) is 41.9 Å². The van der Waals surface area contributed by atoms with Gasteiger partial charge in [-0.15, -0.1) is 0 Å². The Morgan fingerprint density at radius 3 is 2.55 bits per heavy atom. The molecule has 0 amide bonds. The fourth-order valence-corrected chi connectivity index (χ4v) is 4.03. The van der Waals surface area contributed by atoms with Gasteiger partial charge in [-0.2, -0.15) is 10.4 Å². The SMILES string of the molecule is CCc1c(Sc2cc(Cl)cc(Cl)c2)c(CC#N)nn1CCO. The molecule has 2 aromatic rings. The summed E-state index contributed by atoms with van der Waals surface area (Å²) in [6.45, 7) is 2.45. The minimum Gasteiger partial charge on any atom is -0.394 e. The summed E-state index contributed by atoms with van der Waals surface area (Å²) >= 11 is 13.6. The Labute approximate surface area is 143 Å². The number of hydrogen-bond acceptors (Lipinski definition) is 4. The monoisotopic (exact) mass is 355 g/mol. The summed E-state index contributed by atoms with van der Waals surface area (Å²) in [4.78, 5) is 1.84. The Kier molecular flexibility index (Phi) is 6.16. The average molecular weight is 356 g/mol. The predicted octanol–water partition coefficient (Wildman–Crippen LogP) is 3.96. The van der Waals surface area contributed by atoms with Gasteiger partial charge < -0.3 is 5.11 Å². The van der Waals surface area contributed by atoms with Gasteiger partial charge in [0.2, 0.25) is 0 Å². The van der Waals surface area contributed by atoms with Crippen LogP contribution in [-0.2, 0) is 19.4 Å². The first kappa shape index (κ1) is 17.2. The van der Waals surface area contributed by atoms with E-state index < -0.39 is 0 Å². The topological polar surface area (TPSA) is 61.8 Å². The molecular weight excluding hydrogens is 341 g/mol. The van der Waals surface area contributed by atoms with E-state index in [4.69, 9.17) is 33.6 Å². The van der Waals surface area contributed by atoms with Crippen LogP contribution in [0.2, 0.25) is 10.0 Å². The van der Waals surface area contributed by atoms with Gasteiger partial charge in [0.1, 0.15) is 0 Å². The molecule has 1 aromatic carbocycles. The van der Waals surface area contributed by atoms with Crippen LogP contribution in [-0.4, -0.2) is 21.5 Å². The van der Waals surface area contributed by atoms with Gasteiger partial charge in [0.25, 0.3) is 0 Å². The second kappa shape index (κ2) is 7.89. The zero-order chi connectivity index (χ0) is 16.1. The van der Waals surface area contributed by atoms with Gasteiger partial charge in [0.15, 0.2) is 0 Å². The molecule has 0 atom stereocenters. The maximum Gasteiger partial charge on any atom is 0.0907 e. The lowest BCUT2D eigenvalue weighted by molar-refractivity contribution is 0.267. The first-order valence-electron chi connectivity index (χ1n) is 6.79. The van der Waals surface area contributed by atoms with E-state index in [1.807, 2.05) is 19.1 Å². The fraction of sp³-hybridized carbons (Fsp3) is 0.333. The van der Waals surface area contributed by atoms with Gasteiger partial charge in [0.05, 0.1) is 41.9 Å². The van der Waals surface area contributed by atoms with Crippen LogP contribution in [0, 0.1) is 11.3 Å². The van der Waals surface area contributed by atoms with Gasteiger partial charge >= 0.3 is 0 Å². The molecule has 0 spiro atoms. The summed E-state index contributed by atoms with van der Waals surface area (Å²) in [5, 5.41) is 23.7. The van der Waals surface area contributed by atoms with Crippen molar-refractivity contribution in [2.75, 3.05) is 6.61 Å². The highest BCUT2D eigenvalue weighted by Crippen LogP contribution is 2.36. The van der Waals surface area contributed by atoms with E-state index in [1.54, 1.807) is 10.7 Å². The third kappa shape index (κ3) is 3.96. The van der Waals surface area contributed by atoms with Crippen molar-refractivity contribution in [3.63, 3.8) is 0 Å². The molecular formula is C15H15Cl2N3OS. The lowest BCUT2D eigenvalue weighted by atomic mass is 10.2. The van der Waals surface area contributed by atoms with E-state index in [1.165, 1.54) is 11.8 Å². The summed E-state index contributed by atoms with van der Waals surface area (Å²) in [6.07, 6.45) is 0.983. The molecule has 0 unspecified atom stereocenters. The van der Waals surface area contributed by atoms with Gasteiger partial charge in [-0.25, -0.2) is 0 Å². The number of aliphatic hydroxyl groups is 1. The highest BCUT2D eigenvalue weighted by molar-refractivity contribution is 7.99. The van der Waals surface area contributed by atoms with Crippen molar-refractivity contribution >= 4 is 35.0 Å². The summed E-state index contributed by atoms with van der Waals surface area (Å²) in [7, 11) is 0. The largest absolute Gasteiger partial charge is 0.394 e. The lowest BCUT2D eigenvalue weighted by Gasteiger charge is -2.07. The van der Waals surface area contributed by atoms with Crippen LogP contribution in [0.15, 0.2) is 28.0 Å². The Morgan fingerprint density at radius 2 is 2.00 bits per heavy atom. The van der Waals surface area contributed by atoms with Crippen molar-refractivity contribution < 1.29 is 5.11 Å². The van der Waals surface area contributed by atoms with Crippen LogP contribution >= 0.6 is 35.0 Å². The number of halogens is 2. The smallest absolute Gasteiger partial charge is 0.0907 e. The third-order valence-electron chi connectivity index (χ3n) is 3.03. The normalized spacial score (nSPS) is 10.7. The van der Waals surface area contributed by atoms with Crippen molar-refractivity contribution in [3.8, 4) is 6.07 Å². The molecule has 1 N–H and O–H groups in total. The Hall–Kier alpha value is -1.19. The van der Waals surface area contributed by atoms with E-state index in [0.29, 0.717) is 22.3 Å². The predicted molar refractivity (Wildman–Crippen MR) is 88.6 cm³/mol. The number of rotatable bonds is 6. The summed E-state index contributed by atoms with van der Waals surface area (Å²) < 4.78 is 1.77. The van der Waals surface area contributed by atoms with E-state index in [9.17, 15) is 0 Å². The molecule has 0 aliphatic heterocycles. The van der Waals surface area contributed by atoms with Crippen LogP contribution in [0.1, 0.15) is 18.3 Å². The van der Waals surface area contributed by atoms with Gasteiger partial charge in [-0.05, 0) is 24.6 Å². The second-order valence-corrected chi connectivity index (χ2v) is 6.52. The van der Waals surface area contributed by atoms with Crippen molar-refractivity contribution in [2.24, 2.45) is 0 Å². The molecule has 116 valence electrons. The van der Waals surface area contributed by atoms with Crippen LogP contribution in [0.4, 0.5) is 0 Å². The first-order valence-corrected chi connectivity index (χ1v) is 8.36. The molecule has 0 radical (unpaired) electrons. The quantitative estimate of drug-likeness (QED) is 0.851. The van der Waals surface area contributed by atoms with Crippen LogP contribution in [0.25, 0.3) is 0 Å². The summed E-state index contributed by atoms with van der Waals surface area (Å²) in [6, 6.07) is 7.48. The molecule has 1 heterocycles. The maximum absolute atomic E-state index is 9.16. The number of benzene rings is 1. The number of hydrogen-bond donors (Lipinski definition) is 1. The molecule has 4 nitrogen and oxygen atoms in total. The molecule has 0 aliphatic rings. The van der Waals surface area contributed by atoms with Crippen molar-refractivity contribution in [1.82, 2.24) is 9.78 Å². The molecule has 2 rings (SSSR count). The van der Waals surface area contributed by atoms with Crippen molar-refractivity contribution in [1.29, 1.82) is 5.26 Å². The maximum atomic E-state index is 9.16. The molecule has 1 aromatic heterocycles. The molecule has 0 bridgehead atoms. The zero-order valence-corrected chi connectivity index (χ0v) is 14.3. The number of aliphatic hydroxyl groups excluding tert-OH is 1. The standard InChI is InChI=1S/C15H15Cl2N3OS/c1-2-14-15(13(3-4-18)19-20(14)5-6-21)22-12-8-10(16)7-11(17)9-12/h7-9,21H,2-3,5-6H2,1H3. The first-order chi connectivity index (χ1) is 10.6. The molecule has 0 fully saturated rings. The fourth-order valence-electron chi connectivity index (χ4n) is 2.17. The number of nitrogens with zero attached hydrogens (tertiary/aromatic N) is 3. The van der Waals surface area contributed by atoms with E-state index in [-0.39, 0.29) is 13.0 Å². The zero-order valence-electron chi connectivity index (χ0n) is 12.0. The van der Waals surface area contributed by atoms with E-state index >= 15 is 0 Å². The lowest BCUT2D eigenvalue weighted by Crippen LogP contribution is -2.07. The highest BCUT2D eigenvalue weighted by atomic mass is 35.5.